The second-order valence-corrected chi connectivity index (χ2v) is 9.14. The molecule has 27 heavy (non-hydrogen) atoms. The van der Waals surface area contributed by atoms with E-state index in [0.29, 0.717) is 31.4 Å². The van der Waals surface area contributed by atoms with E-state index in [2.05, 4.69) is 36.4 Å². The normalized spacial score (nSPS) is 13.0. The lowest BCUT2D eigenvalue weighted by atomic mass is 10.1. The van der Waals surface area contributed by atoms with Crippen molar-refractivity contribution in [1.82, 2.24) is 10.6 Å². The molecule has 1 rings (SSSR count). The second-order valence-electron chi connectivity index (χ2n) is 6.88. The first-order chi connectivity index (χ1) is 12.2. The molecule has 0 saturated heterocycles. The molecule has 0 aliphatic carbocycles. The Morgan fingerprint density at radius 2 is 1.81 bits per heavy atom. The maximum absolute atomic E-state index is 11.2. The van der Waals surface area contributed by atoms with Crippen LogP contribution in [0.4, 0.5) is 0 Å². The number of benzene rings is 1. The zero-order valence-corrected chi connectivity index (χ0v) is 20.1. The van der Waals surface area contributed by atoms with Gasteiger partial charge in [0.1, 0.15) is 15.6 Å². The van der Waals surface area contributed by atoms with E-state index >= 15 is 0 Å². The summed E-state index contributed by atoms with van der Waals surface area (Å²) in [4.78, 5) is 4.45. The lowest BCUT2D eigenvalue weighted by Gasteiger charge is -2.18. The zero-order valence-electron chi connectivity index (χ0n) is 17.0. The Balaban J connectivity index is 0.00000676. The van der Waals surface area contributed by atoms with Crippen LogP contribution < -0.4 is 15.4 Å². The van der Waals surface area contributed by atoms with E-state index in [9.17, 15) is 8.42 Å². The largest absolute Gasteiger partial charge is 0.493 e. The number of halogens is 1. The van der Waals surface area contributed by atoms with Crippen molar-refractivity contribution >= 4 is 39.8 Å². The smallest absolute Gasteiger partial charge is 0.191 e. The molecule has 8 heteroatoms. The number of nitrogens with one attached hydrogen (secondary N) is 2. The molecular weight excluding hydrogens is 477 g/mol. The van der Waals surface area contributed by atoms with Gasteiger partial charge >= 0.3 is 0 Å². The number of hydrogen-bond acceptors (Lipinski definition) is 4. The summed E-state index contributed by atoms with van der Waals surface area (Å²) >= 11 is 0. The van der Waals surface area contributed by atoms with Crippen LogP contribution in [0.25, 0.3) is 0 Å². The minimum Gasteiger partial charge on any atom is -0.493 e. The van der Waals surface area contributed by atoms with Crippen molar-refractivity contribution in [3.05, 3.63) is 29.8 Å². The summed E-state index contributed by atoms with van der Waals surface area (Å²) in [6.45, 7) is 10.2. The fraction of sp³-hybridized carbons (Fsp3) is 0.632. The summed E-state index contributed by atoms with van der Waals surface area (Å²) in [7, 11) is -2.94. The molecule has 1 aromatic carbocycles. The van der Waals surface area contributed by atoms with Gasteiger partial charge in [-0.15, -0.1) is 24.0 Å². The maximum Gasteiger partial charge on any atom is 0.191 e. The minimum absolute atomic E-state index is 0. The van der Waals surface area contributed by atoms with Crippen molar-refractivity contribution in [3.63, 3.8) is 0 Å². The third kappa shape index (κ3) is 12.1. The molecule has 0 fully saturated rings. The van der Waals surface area contributed by atoms with Gasteiger partial charge in [-0.05, 0) is 43.9 Å². The van der Waals surface area contributed by atoms with Crippen LogP contribution in [0, 0.1) is 5.92 Å². The van der Waals surface area contributed by atoms with Crippen LogP contribution in [0.5, 0.6) is 5.75 Å². The van der Waals surface area contributed by atoms with E-state index in [0.717, 1.165) is 17.9 Å². The van der Waals surface area contributed by atoms with E-state index < -0.39 is 9.84 Å². The monoisotopic (exact) mass is 511 g/mol. The lowest BCUT2D eigenvalue weighted by Crippen LogP contribution is -2.38. The van der Waals surface area contributed by atoms with Crippen molar-refractivity contribution in [2.75, 3.05) is 31.7 Å². The van der Waals surface area contributed by atoms with Crippen molar-refractivity contribution in [3.8, 4) is 5.75 Å². The fourth-order valence-electron chi connectivity index (χ4n) is 2.24. The standard InChI is InChI=1S/C19H33N3O3S.HI/c1-6-20-19(21-12-7-13-26(5,23)24)22-16(4)17-8-10-18(11-9-17)25-14-15(2)3;/h8-11,15-16H,6-7,12-14H2,1-5H3,(H2,20,21,22);1H. The molecule has 0 aliphatic rings. The molecule has 156 valence electrons. The van der Waals surface area contributed by atoms with Gasteiger partial charge in [0.05, 0.1) is 18.4 Å². The van der Waals surface area contributed by atoms with E-state index in [1.165, 1.54) is 6.26 Å². The minimum atomic E-state index is -2.94. The average molecular weight is 511 g/mol. The van der Waals surface area contributed by atoms with Gasteiger partial charge in [-0.2, -0.15) is 0 Å². The number of nitrogens with zero attached hydrogens (tertiary/aromatic N) is 1. The topological polar surface area (TPSA) is 79.8 Å². The van der Waals surface area contributed by atoms with Crippen LogP contribution in [-0.2, 0) is 9.84 Å². The van der Waals surface area contributed by atoms with Crippen LogP contribution in [-0.4, -0.2) is 46.1 Å². The second kappa shape index (κ2) is 13.2. The van der Waals surface area contributed by atoms with Gasteiger partial charge < -0.3 is 15.4 Å². The molecule has 0 heterocycles. The first kappa shape index (κ1) is 26.0. The molecule has 0 saturated carbocycles. The van der Waals surface area contributed by atoms with Gasteiger partial charge in [-0.3, -0.25) is 4.99 Å². The number of hydrogen-bond donors (Lipinski definition) is 2. The molecule has 6 nitrogen and oxygen atoms in total. The number of ether oxygens (including phenoxy) is 1. The highest BCUT2D eigenvalue weighted by Crippen LogP contribution is 2.18. The molecule has 0 aliphatic heterocycles. The predicted octanol–water partition coefficient (Wildman–Crippen LogP) is 3.39. The van der Waals surface area contributed by atoms with Gasteiger partial charge in [0.2, 0.25) is 0 Å². The first-order valence-corrected chi connectivity index (χ1v) is 11.2. The van der Waals surface area contributed by atoms with Crippen LogP contribution in [0.1, 0.15) is 45.7 Å². The third-order valence-electron chi connectivity index (χ3n) is 3.60. The Bertz CT molecular complexity index is 661. The lowest BCUT2D eigenvalue weighted by molar-refractivity contribution is 0.271. The SMILES string of the molecule is CCNC(=NCCCS(C)(=O)=O)NC(C)c1ccc(OCC(C)C)cc1.I. The van der Waals surface area contributed by atoms with Gasteiger partial charge in [-0.25, -0.2) is 8.42 Å². The summed E-state index contributed by atoms with van der Waals surface area (Å²) in [6.07, 6.45) is 1.77. The highest BCUT2D eigenvalue weighted by atomic mass is 127. The molecule has 0 amide bonds. The fourth-order valence-corrected chi connectivity index (χ4v) is 2.90. The van der Waals surface area contributed by atoms with Crippen LogP contribution in [0.15, 0.2) is 29.3 Å². The summed E-state index contributed by atoms with van der Waals surface area (Å²) in [5, 5.41) is 6.54. The van der Waals surface area contributed by atoms with Crippen molar-refractivity contribution in [1.29, 1.82) is 0 Å². The summed E-state index contributed by atoms with van der Waals surface area (Å²) < 4.78 is 28.1. The number of sulfone groups is 1. The Labute approximate surface area is 181 Å². The molecule has 1 atom stereocenters. The molecule has 1 unspecified atom stereocenters. The van der Waals surface area contributed by atoms with Gasteiger partial charge in [0.25, 0.3) is 0 Å². The third-order valence-corrected chi connectivity index (χ3v) is 4.63. The molecule has 0 radical (unpaired) electrons. The van der Waals surface area contributed by atoms with Crippen molar-refractivity contribution in [2.45, 2.75) is 40.2 Å². The van der Waals surface area contributed by atoms with E-state index in [1.54, 1.807) is 0 Å². The van der Waals surface area contributed by atoms with Crippen molar-refractivity contribution in [2.24, 2.45) is 10.9 Å². The van der Waals surface area contributed by atoms with E-state index in [-0.39, 0.29) is 35.8 Å². The maximum atomic E-state index is 11.2. The predicted molar refractivity (Wildman–Crippen MR) is 124 cm³/mol. The van der Waals surface area contributed by atoms with Crippen LogP contribution in [0.2, 0.25) is 0 Å². The number of aliphatic imine (C=N–C) groups is 1. The zero-order chi connectivity index (χ0) is 19.6. The first-order valence-electron chi connectivity index (χ1n) is 9.16. The molecule has 0 bridgehead atoms. The number of guanidine groups is 1. The van der Waals surface area contributed by atoms with E-state index in [1.807, 2.05) is 31.2 Å². The van der Waals surface area contributed by atoms with Crippen LogP contribution in [0.3, 0.4) is 0 Å². The molecule has 2 N–H and O–H groups in total. The Morgan fingerprint density at radius 3 is 2.33 bits per heavy atom. The summed E-state index contributed by atoms with van der Waals surface area (Å²) in [5.74, 6) is 2.21. The molecule has 1 aromatic rings. The Kier molecular flexibility index (Phi) is 12.7. The number of rotatable bonds is 10. The highest BCUT2D eigenvalue weighted by molar-refractivity contribution is 14.0. The Hall–Kier alpha value is -1.03. The van der Waals surface area contributed by atoms with Gasteiger partial charge in [-0.1, -0.05) is 26.0 Å². The summed E-state index contributed by atoms with van der Waals surface area (Å²) in [6, 6.07) is 8.11. The molecular formula is C19H34IN3O3S. The quantitative estimate of drug-likeness (QED) is 0.218. The summed E-state index contributed by atoms with van der Waals surface area (Å²) in [5.41, 5.74) is 1.13. The van der Waals surface area contributed by atoms with Gasteiger partial charge in [0.15, 0.2) is 5.96 Å². The van der Waals surface area contributed by atoms with E-state index in [4.69, 9.17) is 4.74 Å². The Morgan fingerprint density at radius 1 is 1.19 bits per heavy atom. The molecule has 0 spiro atoms. The highest BCUT2D eigenvalue weighted by Gasteiger charge is 2.08. The van der Waals surface area contributed by atoms with Crippen LogP contribution >= 0.6 is 24.0 Å². The van der Waals surface area contributed by atoms with Crippen molar-refractivity contribution < 1.29 is 13.2 Å². The molecule has 0 aromatic heterocycles. The van der Waals surface area contributed by atoms with Gasteiger partial charge in [0, 0.05) is 19.3 Å². The average Bonchev–Trinajstić information content (AvgIpc) is 2.56.